The molecule has 0 bridgehead atoms. The number of hydrogen-bond acceptors (Lipinski definition) is 4. The third kappa shape index (κ3) is 4.88. The molecule has 2 amide bonds. The molecule has 0 aromatic heterocycles. The van der Waals surface area contributed by atoms with E-state index in [2.05, 4.69) is 10.9 Å². The van der Waals surface area contributed by atoms with Gasteiger partial charge in [0.05, 0.1) is 13.0 Å². The van der Waals surface area contributed by atoms with Crippen molar-refractivity contribution in [1.29, 1.82) is 0 Å². The summed E-state index contributed by atoms with van der Waals surface area (Å²) in [6.45, 7) is 0. The molecule has 2 saturated carbocycles. The molecule has 2 aliphatic rings. The molecule has 136 valence electrons. The van der Waals surface area contributed by atoms with Crippen LogP contribution in [0.3, 0.4) is 0 Å². The van der Waals surface area contributed by atoms with Crippen molar-refractivity contribution >= 4 is 17.8 Å². The standard InChI is InChI=1S/C16H24F2N2O4/c1-24-15(23)12-4-2-10(3-5-12)13(21)19-20-14(22)11-6-8-16(17,18)9-7-11/h10-12H,2-9H2,1H3,(H,19,21)(H,20,22). The fourth-order valence-corrected chi connectivity index (χ4v) is 3.39. The van der Waals surface area contributed by atoms with Crippen LogP contribution in [0.1, 0.15) is 51.4 Å². The fraction of sp³-hybridized carbons (Fsp3) is 0.812. The van der Waals surface area contributed by atoms with Crippen LogP contribution in [0.5, 0.6) is 0 Å². The number of carbonyl (C=O) groups excluding carboxylic acids is 3. The molecule has 0 aromatic rings. The molecule has 0 heterocycles. The summed E-state index contributed by atoms with van der Waals surface area (Å²) in [5.41, 5.74) is 4.73. The lowest BCUT2D eigenvalue weighted by Crippen LogP contribution is -2.48. The Kier molecular flexibility index (Phi) is 6.12. The first-order valence-electron chi connectivity index (χ1n) is 8.38. The van der Waals surface area contributed by atoms with Crippen molar-refractivity contribution in [3.8, 4) is 0 Å². The predicted octanol–water partition coefficient (Wildman–Crippen LogP) is 1.94. The normalized spacial score (nSPS) is 27.1. The van der Waals surface area contributed by atoms with Crippen LogP contribution in [-0.4, -0.2) is 30.8 Å². The monoisotopic (exact) mass is 346 g/mol. The van der Waals surface area contributed by atoms with Crippen molar-refractivity contribution in [1.82, 2.24) is 10.9 Å². The molecular weight excluding hydrogens is 322 g/mol. The van der Waals surface area contributed by atoms with Crippen LogP contribution in [0.4, 0.5) is 8.78 Å². The Morgan fingerprint density at radius 3 is 1.71 bits per heavy atom. The van der Waals surface area contributed by atoms with Crippen LogP contribution in [0.2, 0.25) is 0 Å². The summed E-state index contributed by atoms with van der Waals surface area (Å²) in [6.07, 6.45) is 1.92. The summed E-state index contributed by atoms with van der Waals surface area (Å²) in [4.78, 5) is 35.5. The number of ether oxygens (including phenoxy) is 1. The van der Waals surface area contributed by atoms with Crippen LogP contribution < -0.4 is 10.9 Å². The maximum Gasteiger partial charge on any atom is 0.308 e. The lowest BCUT2D eigenvalue weighted by molar-refractivity contribution is -0.147. The average molecular weight is 346 g/mol. The topological polar surface area (TPSA) is 84.5 Å². The van der Waals surface area contributed by atoms with Gasteiger partial charge in [0, 0.05) is 24.7 Å². The van der Waals surface area contributed by atoms with E-state index >= 15 is 0 Å². The number of esters is 1. The van der Waals surface area contributed by atoms with E-state index in [1.807, 2.05) is 0 Å². The number of halogens is 2. The van der Waals surface area contributed by atoms with E-state index in [0.29, 0.717) is 25.7 Å². The van der Waals surface area contributed by atoms with E-state index in [4.69, 9.17) is 4.74 Å². The Morgan fingerprint density at radius 1 is 0.833 bits per heavy atom. The first kappa shape index (κ1) is 18.6. The fourth-order valence-electron chi connectivity index (χ4n) is 3.39. The highest BCUT2D eigenvalue weighted by molar-refractivity contribution is 5.84. The lowest BCUT2D eigenvalue weighted by atomic mass is 9.81. The van der Waals surface area contributed by atoms with Crippen molar-refractivity contribution < 1.29 is 27.9 Å². The second kappa shape index (κ2) is 7.90. The minimum atomic E-state index is -2.68. The van der Waals surface area contributed by atoms with E-state index in [0.717, 1.165) is 0 Å². The molecule has 2 aliphatic carbocycles. The van der Waals surface area contributed by atoms with Gasteiger partial charge in [-0.25, -0.2) is 8.78 Å². The summed E-state index contributed by atoms with van der Waals surface area (Å²) in [6, 6.07) is 0. The van der Waals surface area contributed by atoms with Gasteiger partial charge in [-0.1, -0.05) is 0 Å². The maximum absolute atomic E-state index is 13.1. The summed E-state index contributed by atoms with van der Waals surface area (Å²) in [7, 11) is 1.35. The van der Waals surface area contributed by atoms with Gasteiger partial charge < -0.3 is 4.74 Å². The summed E-state index contributed by atoms with van der Waals surface area (Å²) < 4.78 is 30.9. The number of rotatable bonds is 3. The molecule has 24 heavy (non-hydrogen) atoms. The molecule has 0 atom stereocenters. The predicted molar refractivity (Wildman–Crippen MR) is 80.7 cm³/mol. The second-order valence-corrected chi connectivity index (χ2v) is 6.68. The summed E-state index contributed by atoms with van der Waals surface area (Å²) in [5, 5.41) is 0. The molecule has 0 radical (unpaired) electrons. The van der Waals surface area contributed by atoms with Gasteiger partial charge in [-0.3, -0.25) is 25.2 Å². The Labute approximate surface area is 139 Å². The largest absolute Gasteiger partial charge is 0.469 e. The zero-order valence-corrected chi connectivity index (χ0v) is 13.8. The van der Waals surface area contributed by atoms with E-state index in [-0.39, 0.29) is 49.4 Å². The molecule has 0 aromatic carbocycles. The van der Waals surface area contributed by atoms with Gasteiger partial charge in [0.15, 0.2) is 0 Å². The van der Waals surface area contributed by atoms with Gasteiger partial charge in [-0.15, -0.1) is 0 Å². The van der Waals surface area contributed by atoms with E-state index in [1.54, 1.807) is 0 Å². The number of carbonyl (C=O) groups is 3. The van der Waals surface area contributed by atoms with E-state index in [9.17, 15) is 23.2 Å². The molecule has 2 N–H and O–H groups in total. The van der Waals surface area contributed by atoms with Crippen molar-refractivity contribution in [2.45, 2.75) is 57.3 Å². The third-order valence-electron chi connectivity index (χ3n) is 5.03. The highest BCUT2D eigenvalue weighted by atomic mass is 19.3. The van der Waals surface area contributed by atoms with Crippen molar-refractivity contribution in [3.05, 3.63) is 0 Å². The number of alkyl halides is 2. The van der Waals surface area contributed by atoms with Gasteiger partial charge in [-0.2, -0.15) is 0 Å². The van der Waals surface area contributed by atoms with Gasteiger partial charge in [0.25, 0.3) is 0 Å². The minimum absolute atomic E-state index is 0.124. The molecule has 6 nitrogen and oxygen atoms in total. The first-order chi connectivity index (χ1) is 11.3. The van der Waals surface area contributed by atoms with E-state index < -0.39 is 17.7 Å². The van der Waals surface area contributed by atoms with Crippen LogP contribution in [0.15, 0.2) is 0 Å². The molecular formula is C16H24F2N2O4. The maximum atomic E-state index is 13.1. The smallest absolute Gasteiger partial charge is 0.308 e. The zero-order chi connectivity index (χ0) is 17.7. The number of methoxy groups -OCH3 is 1. The minimum Gasteiger partial charge on any atom is -0.469 e. The molecule has 2 rings (SSSR count). The molecule has 8 heteroatoms. The third-order valence-corrected chi connectivity index (χ3v) is 5.03. The Bertz CT molecular complexity index is 480. The Hall–Kier alpha value is -1.73. The average Bonchev–Trinajstić information content (AvgIpc) is 2.58. The summed E-state index contributed by atoms with van der Waals surface area (Å²) in [5.74, 6) is -4.57. The van der Waals surface area contributed by atoms with Crippen LogP contribution >= 0.6 is 0 Å². The molecule has 2 fully saturated rings. The number of hydrazine groups is 1. The lowest BCUT2D eigenvalue weighted by Gasteiger charge is -2.28. The van der Waals surface area contributed by atoms with Crippen LogP contribution in [0, 0.1) is 17.8 Å². The van der Waals surface area contributed by atoms with Crippen LogP contribution in [-0.2, 0) is 19.1 Å². The van der Waals surface area contributed by atoms with Gasteiger partial charge >= 0.3 is 5.97 Å². The summed E-state index contributed by atoms with van der Waals surface area (Å²) >= 11 is 0. The number of hydrogen-bond donors (Lipinski definition) is 2. The molecule has 0 unspecified atom stereocenters. The second-order valence-electron chi connectivity index (χ2n) is 6.68. The van der Waals surface area contributed by atoms with Crippen molar-refractivity contribution in [2.24, 2.45) is 17.8 Å². The number of amides is 2. The van der Waals surface area contributed by atoms with Gasteiger partial charge in [0.1, 0.15) is 0 Å². The highest BCUT2D eigenvalue weighted by Gasteiger charge is 2.37. The number of nitrogens with one attached hydrogen (secondary N) is 2. The van der Waals surface area contributed by atoms with E-state index in [1.165, 1.54) is 7.11 Å². The zero-order valence-electron chi connectivity index (χ0n) is 13.8. The SMILES string of the molecule is COC(=O)C1CCC(C(=O)NNC(=O)C2CCC(F)(F)CC2)CC1. The quantitative estimate of drug-likeness (QED) is 0.604. The van der Waals surface area contributed by atoms with Gasteiger partial charge in [-0.05, 0) is 38.5 Å². The Morgan fingerprint density at radius 2 is 1.25 bits per heavy atom. The van der Waals surface area contributed by atoms with Gasteiger partial charge in [0.2, 0.25) is 17.7 Å². The van der Waals surface area contributed by atoms with Crippen molar-refractivity contribution in [3.63, 3.8) is 0 Å². The Balaban J connectivity index is 1.70. The first-order valence-corrected chi connectivity index (χ1v) is 8.38. The molecule has 0 aliphatic heterocycles. The van der Waals surface area contributed by atoms with Crippen molar-refractivity contribution in [2.75, 3.05) is 7.11 Å². The molecule has 0 spiro atoms. The highest BCUT2D eigenvalue weighted by Crippen LogP contribution is 2.36. The molecule has 0 saturated heterocycles. The van der Waals surface area contributed by atoms with Crippen LogP contribution in [0.25, 0.3) is 0 Å².